The molecule has 2 aliphatic heterocycles. The Morgan fingerprint density at radius 2 is 1.86 bits per heavy atom. The molecule has 0 N–H and O–H groups in total. The second kappa shape index (κ2) is 8.40. The second-order valence-electron chi connectivity index (χ2n) is 9.28. The number of aromatic nitrogens is 2. The van der Waals surface area contributed by atoms with Crippen LogP contribution in [0.3, 0.4) is 0 Å². The predicted molar refractivity (Wildman–Crippen MR) is 116 cm³/mol. The number of halogens is 1. The van der Waals surface area contributed by atoms with Gasteiger partial charge in [-0.1, -0.05) is 0 Å². The van der Waals surface area contributed by atoms with E-state index in [1.54, 1.807) is 12.4 Å². The van der Waals surface area contributed by atoms with Crippen molar-refractivity contribution >= 4 is 36.0 Å². The molecule has 0 aliphatic carbocycles. The first-order chi connectivity index (χ1) is 13.5. The lowest BCUT2D eigenvalue weighted by molar-refractivity contribution is -0.127. The lowest BCUT2D eigenvalue weighted by Gasteiger charge is -2.32. The van der Waals surface area contributed by atoms with Crippen LogP contribution in [-0.4, -0.2) is 70.7 Å². The van der Waals surface area contributed by atoms with Gasteiger partial charge in [0.25, 0.3) is 0 Å². The fraction of sp³-hybridized carbons (Fsp3) is 0.750. The molecule has 0 saturated carbocycles. The molecule has 0 radical (unpaired) electrons. The third-order valence-electron chi connectivity index (χ3n) is 6.27. The lowest BCUT2D eigenvalue weighted by Crippen LogP contribution is -2.41. The van der Waals surface area contributed by atoms with Gasteiger partial charge in [0, 0.05) is 43.5 Å². The minimum absolute atomic E-state index is 0.00767. The summed E-state index contributed by atoms with van der Waals surface area (Å²) in [5, 5.41) is 0. The van der Waals surface area contributed by atoms with Gasteiger partial charge in [-0.2, -0.15) is 0 Å². The molecule has 1 aromatic heterocycles. The van der Waals surface area contributed by atoms with Gasteiger partial charge in [0.2, 0.25) is 11.9 Å². The van der Waals surface area contributed by atoms with Gasteiger partial charge >= 0.3 is 7.12 Å². The van der Waals surface area contributed by atoms with E-state index in [-0.39, 0.29) is 17.8 Å². The van der Waals surface area contributed by atoms with Crippen molar-refractivity contribution in [3.05, 3.63) is 12.4 Å². The Labute approximate surface area is 179 Å². The van der Waals surface area contributed by atoms with Gasteiger partial charge in [-0.3, -0.25) is 4.79 Å². The first-order valence-electron chi connectivity index (χ1n) is 10.3. The quantitative estimate of drug-likeness (QED) is 0.516. The monoisotopic (exact) mass is 422 g/mol. The molecule has 2 fully saturated rings. The van der Waals surface area contributed by atoms with Crippen molar-refractivity contribution in [2.75, 3.05) is 30.4 Å². The van der Waals surface area contributed by atoms with Crippen LogP contribution >= 0.6 is 11.6 Å². The molecule has 0 spiro atoms. The minimum atomic E-state index is -0.466. The number of carbonyl (C=O) groups excluding carboxylic acids is 1. The molecule has 0 unspecified atom stereocenters. The molecule has 2 saturated heterocycles. The molecule has 1 aromatic rings. The molecule has 2 aliphatic rings. The average molecular weight is 423 g/mol. The van der Waals surface area contributed by atoms with Crippen molar-refractivity contribution in [2.24, 2.45) is 5.92 Å². The van der Waals surface area contributed by atoms with E-state index in [9.17, 15) is 4.79 Å². The molecule has 160 valence electrons. The van der Waals surface area contributed by atoms with Crippen molar-refractivity contribution in [1.82, 2.24) is 14.9 Å². The van der Waals surface area contributed by atoms with Crippen LogP contribution in [0.15, 0.2) is 12.4 Å². The van der Waals surface area contributed by atoms with Crippen LogP contribution in [-0.2, 0) is 14.1 Å². The Balaban J connectivity index is 1.68. The van der Waals surface area contributed by atoms with E-state index in [0.717, 1.165) is 31.5 Å². The summed E-state index contributed by atoms with van der Waals surface area (Å²) in [4.78, 5) is 25.1. The topological polar surface area (TPSA) is 67.8 Å². The van der Waals surface area contributed by atoms with Gasteiger partial charge in [0.15, 0.2) is 0 Å². The fourth-order valence-electron chi connectivity index (χ4n) is 3.67. The summed E-state index contributed by atoms with van der Waals surface area (Å²) in [5.74, 6) is 1.12. The Bertz CT molecular complexity index is 713. The highest BCUT2D eigenvalue weighted by Gasteiger charge is 2.52. The third kappa shape index (κ3) is 4.70. The summed E-state index contributed by atoms with van der Waals surface area (Å²) >= 11 is 5.69. The van der Waals surface area contributed by atoms with Gasteiger partial charge in [-0.05, 0) is 53.9 Å². The Kier molecular flexibility index (Phi) is 6.46. The van der Waals surface area contributed by atoms with Crippen LogP contribution in [0.2, 0.25) is 0 Å². The molecule has 29 heavy (non-hydrogen) atoms. The van der Waals surface area contributed by atoms with Gasteiger partial charge in [-0.25, -0.2) is 9.97 Å². The van der Waals surface area contributed by atoms with Crippen molar-refractivity contribution < 1.29 is 14.1 Å². The smallest absolute Gasteiger partial charge is 0.399 e. The summed E-state index contributed by atoms with van der Waals surface area (Å²) in [6.07, 6.45) is 4.55. The van der Waals surface area contributed by atoms with E-state index < -0.39 is 18.3 Å². The number of hydrogen-bond acceptors (Lipinski definition) is 6. The standard InChI is InChI=1S/C20H32BClN4O3/c1-14(2)26(13-15-7-8-25(12-15)17(27)9-22)18-23-10-16(11-24-18)21-28-19(3,4)20(5,6)29-21/h10-11,14-15H,7-9,12-13H2,1-6H3/t15-/m0/s1. The number of nitrogens with zero attached hydrogens (tertiary/aromatic N) is 4. The van der Waals surface area contributed by atoms with E-state index in [4.69, 9.17) is 20.9 Å². The molecule has 1 amide bonds. The summed E-state index contributed by atoms with van der Waals surface area (Å²) in [6, 6.07) is 0.246. The maximum atomic E-state index is 11.8. The van der Waals surface area contributed by atoms with E-state index in [1.807, 2.05) is 32.6 Å². The van der Waals surface area contributed by atoms with E-state index in [2.05, 4.69) is 28.7 Å². The normalized spacial score (nSPS) is 23.1. The zero-order valence-electron chi connectivity index (χ0n) is 18.3. The van der Waals surface area contributed by atoms with Crippen molar-refractivity contribution in [2.45, 2.75) is 65.2 Å². The SMILES string of the molecule is CC(C)N(C[C@H]1CCN(C(=O)CCl)C1)c1ncc(B2OC(C)(C)C(C)(C)O2)cn1. The molecule has 3 rings (SSSR count). The third-order valence-corrected chi connectivity index (χ3v) is 6.50. The van der Waals surface area contributed by atoms with Crippen LogP contribution in [0.4, 0.5) is 5.95 Å². The summed E-state index contributed by atoms with van der Waals surface area (Å²) in [5.41, 5.74) is 0.0281. The predicted octanol–water partition coefficient (Wildman–Crippen LogP) is 2.08. The number of hydrogen-bond donors (Lipinski definition) is 0. The highest BCUT2D eigenvalue weighted by Crippen LogP contribution is 2.36. The van der Waals surface area contributed by atoms with Crippen LogP contribution in [0, 0.1) is 5.92 Å². The zero-order valence-corrected chi connectivity index (χ0v) is 19.1. The fourth-order valence-corrected chi connectivity index (χ4v) is 3.84. The van der Waals surface area contributed by atoms with Crippen LogP contribution in [0.5, 0.6) is 0 Å². The molecular weight excluding hydrogens is 391 g/mol. The van der Waals surface area contributed by atoms with Gasteiger partial charge in [0.1, 0.15) is 5.88 Å². The second-order valence-corrected chi connectivity index (χ2v) is 9.55. The van der Waals surface area contributed by atoms with Crippen molar-refractivity contribution in [3.8, 4) is 0 Å². The molecule has 7 nitrogen and oxygen atoms in total. The van der Waals surface area contributed by atoms with E-state index >= 15 is 0 Å². The van der Waals surface area contributed by atoms with Crippen LogP contribution in [0.25, 0.3) is 0 Å². The average Bonchev–Trinajstić information content (AvgIpc) is 3.21. The highest BCUT2D eigenvalue weighted by atomic mass is 35.5. The van der Waals surface area contributed by atoms with Crippen LogP contribution < -0.4 is 10.4 Å². The van der Waals surface area contributed by atoms with Crippen molar-refractivity contribution in [3.63, 3.8) is 0 Å². The summed E-state index contributed by atoms with van der Waals surface area (Å²) in [7, 11) is -0.466. The zero-order chi connectivity index (χ0) is 21.4. The molecule has 3 heterocycles. The largest absolute Gasteiger partial charge is 0.498 e. The number of alkyl halides is 1. The molecule has 0 aromatic carbocycles. The van der Waals surface area contributed by atoms with E-state index in [0.29, 0.717) is 11.9 Å². The number of anilines is 1. The lowest BCUT2D eigenvalue weighted by atomic mass is 9.81. The number of carbonyl (C=O) groups is 1. The van der Waals surface area contributed by atoms with Crippen molar-refractivity contribution in [1.29, 1.82) is 0 Å². The van der Waals surface area contributed by atoms with Gasteiger partial charge in [-0.15, -0.1) is 11.6 Å². The van der Waals surface area contributed by atoms with Crippen LogP contribution in [0.1, 0.15) is 48.0 Å². The molecule has 0 bridgehead atoms. The van der Waals surface area contributed by atoms with Gasteiger partial charge in [0.05, 0.1) is 11.2 Å². The first kappa shape index (κ1) is 22.3. The number of amides is 1. The van der Waals surface area contributed by atoms with Gasteiger partial charge < -0.3 is 19.1 Å². The molecular formula is C20H32BClN4O3. The summed E-state index contributed by atoms with van der Waals surface area (Å²) in [6.45, 7) is 14.7. The minimum Gasteiger partial charge on any atom is -0.399 e. The summed E-state index contributed by atoms with van der Waals surface area (Å²) < 4.78 is 12.2. The maximum Gasteiger partial charge on any atom is 0.498 e. The Hall–Kier alpha value is -1.38. The Morgan fingerprint density at radius 1 is 1.28 bits per heavy atom. The first-order valence-corrected chi connectivity index (χ1v) is 10.9. The highest BCUT2D eigenvalue weighted by molar-refractivity contribution is 6.61. The number of rotatable bonds is 6. The van der Waals surface area contributed by atoms with E-state index in [1.165, 1.54) is 0 Å². The molecule has 9 heteroatoms. The Morgan fingerprint density at radius 3 is 2.38 bits per heavy atom. The number of likely N-dealkylation sites (tertiary alicyclic amines) is 1. The molecule has 1 atom stereocenters. The maximum absolute atomic E-state index is 11.8.